The van der Waals surface area contributed by atoms with Crippen LogP contribution < -0.4 is 5.43 Å². The van der Waals surface area contributed by atoms with Crippen LogP contribution in [0.2, 0.25) is 0 Å². The maximum atomic E-state index is 12.1. The second-order valence-corrected chi connectivity index (χ2v) is 8.24. The largest absolute Gasteiger partial charge is 0.306 e. The molecule has 0 atom stereocenters. The van der Waals surface area contributed by atoms with Gasteiger partial charge in [-0.3, -0.25) is 4.79 Å². The number of carbonyl (C=O) groups excluding carboxylic acids is 1. The quantitative estimate of drug-likeness (QED) is 0.297. The average Bonchev–Trinajstić information content (AvgIpc) is 3.40. The number of aromatic nitrogens is 3. The lowest BCUT2D eigenvalue weighted by Gasteiger charge is -2.05. The van der Waals surface area contributed by atoms with Crippen molar-refractivity contribution in [1.82, 2.24) is 20.0 Å². The molecule has 0 unspecified atom stereocenters. The van der Waals surface area contributed by atoms with Crippen LogP contribution in [0.15, 0.2) is 76.7 Å². The first-order valence-electron chi connectivity index (χ1n) is 8.59. The number of hydrazone groups is 1. The van der Waals surface area contributed by atoms with Gasteiger partial charge in [0.1, 0.15) is 0 Å². The minimum atomic E-state index is -0.154. The van der Waals surface area contributed by atoms with Gasteiger partial charge in [-0.1, -0.05) is 36.0 Å². The van der Waals surface area contributed by atoms with E-state index in [-0.39, 0.29) is 11.7 Å². The molecule has 0 fully saturated rings. The van der Waals surface area contributed by atoms with E-state index in [4.69, 9.17) is 0 Å². The van der Waals surface area contributed by atoms with Crippen LogP contribution in [0, 0.1) is 0 Å². The van der Waals surface area contributed by atoms with Gasteiger partial charge in [-0.05, 0) is 36.8 Å². The lowest BCUT2D eigenvalue weighted by Crippen LogP contribution is -2.21. The Kier molecular flexibility index (Phi) is 5.50. The van der Waals surface area contributed by atoms with Crippen LogP contribution in [0.4, 0.5) is 0 Å². The van der Waals surface area contributed by atoms with E-state index < -0.39 is 0 Å². The van der Waals surface area contributed by atoms with Crippen molar-refractivity contribution in [3.63, 3.8) is 0 Å². The molecule has 2 aromatic heterocycles. The number of nitrogens with one attached hydrogen (secondary N) is 1. The molecule has 0 saturated heterocycles. The Morgan fingerprint density at radius 2 is 2.04 bits per heavy atom. The molecule has 0 spiro atoms. The van der Waals surface area contributed by atoms with Gasteiger partial charge in [0.2, 0.25) is 0 Å². The second kappa shape index (κ2) is 8.37. The number of imidazole rings is 1. The van der Waals surface area contributed by atoms with Crippen LogP contribution in [-0.4, -0.2) is 31.9 Å². The number of hydrogen-bond donors (Lipinski definition) is 1. The lowest BCUT2D eigenvalue weighted by molar-refractivity contribution is -0.118. The van der Waals surface area contributed by atoms with Gasteiger partial charge < -0.3 is 4.57 Å². The van der Waals surface area contributed by atoms with Crippen LogP contribution in [0.5, 0.6) is 0 Å². The van der Waals surface area contributed by atoms with Crippen molar-refractivity contribution in [3.05, 3.63) is 72.8 Å². The molecule has 4 aromatic rings. The zero-order chi connectivity index (χ0) is 19.3. The number of carbonyl (C=O) groups is 1. The Morgan fingerprint density at radius 1 is 1.21 bits per heavy atom. The number of nitrogens with zero attached hydrogens (tertiary/aromatic N) is 4. The number of thiazole rings is 1. The van der Waals surface area contributed by atoms with E-state index in [9.17, 15) is 4.79 Å². The van der Waals surface area contributed by atoms with Gasteiger partial charge >= 0.3 is 0 Å². The first-order valence-corrected chi connectivity index (χ1v) is 10.4. The zero-order valence-electron chi connectivity index (χ0n) is 15.1. The van der Waals surface area contributed by atoms with Crippen molar-refractivity contribution in [3.8, 4) is 5.69 Å². The predicted octanol–water partition coefficient (Wildman–Crippen LogP) is 4.11. The number of hydrogen-bond acceptors (Lipinski definition) is 6. The van der Waals surface area contributed by atoms with Gasteiger partial charge in [0.25, 0.3) is 5.91 Å². The minimum absolute atomic E-state index is 0.154. The van der Waals surface area contributed by atoms with Gasteiger partial charge in [0.15, 0.2) is 4.34 Å². The normalized spacial score (nSPS) is 11.7. The summed E-state index contributed by atoms with van der Waals surface area (Å²) >= 11 is 3.01. The summed E-state index contributed by atoms with van der Waals surface area (Å²) in [4.78, 5) is 20.7. The lowest BCUT2D eigenvalue weighted by atomic mass is 10.1. The van der Waals surface area contributed by atoms with Gasteiger partial charge in [-0.2, -0.15) is 5.10 Å². The fraction of sp³-hybridized carbons (Fsp3) is 0.100. The smallest absolute Gasteiger partial charge is 0.250 e. The van der Waals surface area contributed by atoms with E-state index >= 15 is 0 Å². The van der Waals surface area contributed by atoms with Crippen LogP contribution in [0.25, 0.3) is 15.9 Å². The van der Waals surface area contributed by atoms with E-state index in [0.717, 1.165) is 31.5 Å². The molecular weight excluding hydrogens is 390 g/mol. The molecule has 0 aliphatic rings. The van der Waals surface area contributed by atoms with E-state index in [2.05, 4.69) is 20.5 Å². The third-order valence-corrected chi connectivity index (χ3v) is 6.22. The molecule has 0 radical (unpaired) electrons. The summed E-state index contributed by atoms with van der Waals surface area (Å²) in [5.41, 5.74) is 6.29. The van der Waals surface area contributed by atoms with Crippen molar-refractivity contribution in [2.45, 2.75) is 11.3 Å². The van der Waals surface area contributed by atoms with Gasteiger partial charge in [-0.15, -0.1) is 11.3 Å². The van der Waals surface area contributed by atoms with E-state index in [1.54, 1.807) is 23.9 Å². The molecule has 6 nitrogen and oxygen atoms in total. The molecule has 140 valence electrons. The van der Waals surface area contributed by atoms with E-state index in [1.165, 1.54) is 11.8 Å². The number of benzene rings is 2. The zero-order valence-corrected chi connectivity index (χ0v) is 16.7. The predicted molar refractivity (Wildman–Crippen MR) is 114 cm³/mol. The van der Waals surface area contributed by atoms with Gasteiger partial charge in [0, 0.05) is 18.1 Å². The van der Waals surface area contributed by atoms with E-state index in [1.807, 2.05) is 66.2 Å². The first-order chi connectivity index (χ1) is 13.7. The molecule has 1 N–H and O–H groups in total. The van der Waals surface area contributed by atoms with E-state index in [0.29, 0.717) is 0 Å². The summed E-state index contributed by atoms with van der Waals surface area (Å²) < 4.78 is 3.93. The maximum absolute atomic E-state index is 12.1. The summed E-state index contributed by atoms with van der Waals surface area (Å²) in [5.74, 6) is 0.120. The SMILES string of the molecule is C/C(=N\NC(=O)CSc1nc2ccccc2s1)c1ccc(-n2ccnc2)cc1. The third kappa shape index (κ3) is 4.29. The Morgan fingerprint density at radius 3 is 2.79 bits per heavy atom. The number of fused-ring (bicyclic) bond motifs is 1. The van der Waals surface area contributed by atoms with Crippen molar-refractivity contribution in [2.75, 3.05) is 5.75 Å². The topological polar surface area (TPSA) is 72.2 Å². The average molecular weight is 408 g/mol. The molecule has 1 amide bonds. The standard InChI is InChI=1S/C20H17N5OS2/c1-14(15-6-8-16(9-7-15)25-11-10-21-13-25)23-24-19(26)12-27-20-22-17-4-2-3-5-18(17)28-20/h2-11,13H,12H2,1H3,(H,24,26)/b23-14+. The van der Waals surface area contributed by atoms with Crippen LogP contribution >= 0.6 is 23.1 Å². The summed E-state index contributed by atoms with van der Waals surface area (Å²) in [7, 11) is 0. The molecule has 2 heterocycles. The highest BCUT2D eigenvalue weighted by Crippen LogP contribution is 2.29. The first kappa shape index (κ1) is 18.4. The highest BCUT2D eigenvalue weighted by atomic mass is 32.2. The van der Waals surface area contributed by atoms with Crippen molar-refractivity contribution < 1.29 is 4.79 Å². The highest BCUT2D eigenvalue weighted by Gasteiger charge is 2.07. The molecular formula is C20H17N5OS2. The van der Waals surface area contributed by atoms with Crippen molar-refractivity contribution >= 4 is 44.9 Å². The summed E-state index contributed by atoms with van der Waals surface area (Å²) in [6.07, 6.45) is 5.38. The molecule has 8 heteroatoms. The summed E-state index contributed by atoms with van der Waals surface area (Å²) in [6, 6.07) is 15.9. The fourth-order valence-electron chi connectivity index (χ4n) is 2.57. The number of thioether (sulfide) groups is 1. The Bertz CT molecular complexity index is 1080. The Hall–Kier alpha value is -2.97. The number of para-hydroxylation sites is 1. The summed E-state index contributed by atoms with van der Waals surface area (Å²) in [5, 5.41) is 4.21. The Balaban J connectivity index is 1.33. The van der Waals surface area contributed by atoms with Crippen molar-refractivity contribution in [2.24, 2.45) is 5.10 Å². The van der Waals surface area contributed by atoms with Gasteiger partial charge in [-0.25, -0.2) is 15.4 Å². The fourth-order valence-corrected chi connectivity index (χ4v) is 4.43. The van der Waals surface area contributed by atoms with Crippen molar-refractivity contribution in [1.29, 1.82) is 0 Å². The molecule has 0 aliphatic carbocycles. The number of rotatable bonds is 6. The van der Waals surface area contributed by atoms with Crippen LogP contribution in [0.1, 0.15) is 12.5 Å². The molecule has 28 heavy (non-hydrogen) atoms. The molecule has 0 saturated carbocycles. The molecule has 2 aromatic carbocycles. The molecule has 0 aliphatic heterocycles. The van der Waals surface area contributed by atoms with Crippen LogP contribution in [-0.2, 0) is 4.79 Å². The Labute approximate surface area is 170 Å². The number of amides is 1. The van der Waals surface area contributed by atoms with Gasteiger partial charge in [0.05, 0.1) is 28.0 Å². The maximum Gasteiger partial charge on any atom is 0.250 e. The highest BCUT2D eigenvalue weighted by molar-refractivity contribution is 8.01. The third-order valence-electron chi connectivity index (χ3n) is 4.04. The minimum Gasteiger partial charge on any atom is -0.306 e. The monoisotopic (exact) mass is 407 g/mol. The second-order valence-electron chi connectivity index (χ2n) is 5.99. The molecule has 4 rings (SSSR count). The summed E-state index contributed by atoms with van der Waals surface area (Å²) in [6.45, 7) is 1.87. The van der Waals surface area contributed by atoms with Crippen LogP contribution in [0.3, 0.4) is 0 Å². The molecule has 0 bridgehead atoms.